The van der Waals surface area contributed by atoms with Crippen LogP contribution in [0, 0.1) is 23.2 Å². The van der Waals surface area contributed by atoms with Gasteiger partial charge in [-0.05, 0) is 23.8 Å². The Morgan fingerprint density at radius 1 is 1.79 bits per heavy atom. The summed E-state index contributed by atoms with van der Waals surface area (Å²) in [6.45, 7) is 2.06. The van der Waals surface area contributed by atoms with Gasteiger partial charge in [0.15, 0.2) is 0 Å². The topological polar surface area (TPSA) is 52.9 Å². The summed E-state index contributed by atoms with van der Waals surface area (Å²) in [6, 6.07) is 3.77. The third kappa shape index (κ3) is 1.64. The number of hydrogen-bond donors (Lipinski definition) is 1. The van der Waals surface area contributed by atoms with E-state index in [4.69, 9.17) is 5.26 Å². The Kier molecular flexibility index (Phi) is 2.26. The van der Waals surface area contributed by atoms with Crippen LogP contribution in [0.4, 0.5) is 5.00 Å². The van der Waals surface area contributed by atoms with E-state index in [9.17, 15) is 4.79 Å². The minimum absolute atomic E-state index is 0.0523. The van der Waals surface area contributed by atoms with Gasteiger partial charge in [0, 0.05) is 5.92 Å². The SMILES string of the molecule is CC1CC1C(=O)Nc1sccc1C#N. The molecule has 2 atom stereocenters. The molecule has 0 bridgehead atoms. The van der Waals surface area contributed by atoms with E-state index in [0.29, 0.717) is 16.5 Å². The van der Waals surface area contributed by atoms with Crippen LogP contribution < -0.4 is 5.32 Å². The molecule has 14 heavy (non-hydrogen) atoms. The molecule has 1 fully saturated rings. The van der Waals surface area contributed by atoms with Crippen LogP contribution in [0.3, 0.4) is 0 Å². The molecule has 3 nitrogen and oxygen atoms in total. The molecule has 72 valence electrons. The molecule has 0 saturated heterocycles. The molecule has 1 heterocycles. The summed E-state index contributed by atoms with van der Waals surface area (Å²) in [4.78, 5) is 11.5. The first-order chi connectivity index (χ1) is 6.72. The normalized spacial score (nSPS) is 24.0. The maximum atomic E-state index is 11.5. The summed E-state index contributed by atoms with van der Waals surface area (Å²) < 4.78 is 0. The monoisotopic (exact) mass is 206 g/mol. The summed E-state index contributed by atoms with van der Waals surface area (Å²) in [5, 5.41) is 14.0. The fraction of sp³-hybridized carbons (Fsp3) is 0.400. The first-order valence-corrected chi connectivity index (χ1v) is 5.39. The van der Waals surface area contributed by atoms with Gasteiger partial charge >= 0.3 is 0 Å². The Morgan fingerprint density at radius 2 is 2.50 bits per heavy atom. The van der Waals surface area contributed by atoms with Crippen molar-refractivity contribution < 1.29 is 4.79 Å². The lowest BCUT2D eigenvalue weighted by atomic mass is 10.3. The van der Waals surface area contributed by atoms with Crippen LogP contribution in [0.2, 0.25) is 0 Å². The predicted molar refractivity (Wildman–Crippen MR) is 54.9 cm³/mol. The number of hydrogen-bond acceptors (Lipinski definition) is 3. The number of rotatable bonds is 2. The number of amides is 1. The largest absolute Gasteiger partial charge is 0.316 e. The average Bonchev–Trinajstić information content (AvgIpc) is 2.74. The van der Waals surface area contributed by atoms with E-state index in [2.05, 4.69) is 12.2 Å². The minimum Gasteiger partial charge on any atom is -0.316 e. The van der Waals surface area contributed by atoms with E-state index in [0.717, 1.165) is 6.42 Å². The van der Waals surface area contributed by atoms with Gasteiger partial charge in [-0.2, -0.15) is 5.26 Å². The van der Waals surface area contributed by atoms with E-state index in [1.807, 2.05) is 11.4 Å². The highest BCUT2D eigenvalue weighted by Gasteiger charge is 2.39. The fourth-order valence-corrected chi connectivity index (χ4v) is 2.13. The number of nitriles is 1. The molecule has 1 amide bonds. The first-order valence-electron chi connectivity index (χ1n) is 4.51. The van der Waals surface area contributed by atoms with E-state index in [1.165, 1.54) is 11.3 Å². The van der Waals surface area contributed by atoms with Crippen molar-refractivity contribution in [2.24, 2.45) is 11.8 Å². The van der Waals surface area contributed by atoms with Gasteiger partial charge in [0.05, 0.1) is 5.56 Å². The van der Waals surface area contributed by atoms with E-state index >= 15 is 0 Å². The molecule has 0 aromatic carbocycles. The highest BCUT2D eigenvalue weighted by atomic mass is 32.1. The second kappa shape index (κ2) is 3.43. The van der Waals surface area contributed by atoms with Crippen molar-refractivity contribution in [3.05, 3.63) is 17.0 Å². The summed E-state index contributed by atoms with van der Waals surface area (Å²) in [6.07, 6.45) is 0.971. The summed E-state index contributed by atoms with van der Waals surface area (Å²) >= 11 is 1.39. The zero-order valence-corrected chi connectivity index (χ0v) is 8.60. The molecular weight excluding hydrogens is 196 g/mol. The number of thiophene rings is 1. The zero-order valence-electron chi connectivity index (χ0n) is 7.78. The second-order valence-corrected chi connectivity index (χ2v) is 4.50. The van der Waals surface area contributed by atoms with E-state index in [1.54, 1.807) is 6.07 Å². The third-order valence-corrected chi connectivity index (χ3v) is 3.30. The Balaban J connectivity index is 2.04. The van der Waals surface area contributed by atoms with Crippen LogP contribution in [-0.4, -0.2) is 5.91 Å². The van der Waals surface area contributed by atoms with Gasteiger partial charge in [0.2, 0.25) is 5.91 Å². The fourth-order valence-electron chi connectivity index (χ4n) is 1.39. The lowest BCUT2D eigenvalue weighted by Crippen LogP contribution is -2.14. The van der Waals surface area contributed by atoms with Crippen LogP contribution in [0.25, 0.3) is 0 Å². The van der Waals surface area contributed by atoms with Gasteiger partial charge in [0.1, 0.15) is 11.1 Å². The number of nitrogens with one attached hydrogen (secondary N) is 1. The highest BCUT2D eigenvalue weighted by Crippen LogP contribution is 2.39. The molecule has 2 rings (SSSR count). The van der Waals surface area contributed by atoms with Crippen LogP contribution in [0.15, 0.2) is 11.4 Å². The molecular formula is C10H10N2OS. The van der Waals surface area contributed by atoms with Crippen molar-refractivity contribution in [2.75, 3.05) is 5.32 Å². The molecule has 1 aromatic rings. The van der Waals surface area contributed by atoms with Crippen molar-refractivity contribution >= 4 is 22.2 Å². The number of nitrogens with zero attached hydrogens (tertiary/aromatic N) is 1. The standard InChI is InChI=1S/C10H10N2OS/c1-6-4-8(6)9(13)12-10-7(5-11)2-3-14-10/h2-3,6,8H,4H2,1H3,(H,12,13). The Labute approximate surface area is 86.4 Å². The first kappa shape index (κ1) is 9.22. The van der Waals surface area contributed by atoms with Crippen LogP contribution in [0.1, 0.15) is 18.9 Å². The maximum Gasteiger partial charge on any atom is 0.228 e. The van der Waals surface area contributed by atoms with Gasteiger partial charge in [-0.3, -0.25) is 4.79 Å². The molecule has 1 aliphatic carbocycles. The van der Waals surface area contributed by atoms with Crippen LogP contribution >= 0.6 is 11.3 Å². The van der Waals surface area contributed by atoms with E-state index < -0.39 is 0 Å². The lowest BCUT2D eigenvalue weighted by Gasteiger charge is -2.00. The Bertz CT molecular complexity index is 404. The average molecular weight is 206 g/mol. The molecule has 0 aliphatic heterocycles. The molecule has 1 saturated carbocycles. The summed E-state index contributed by atoms with van der Waals surface area (Å²) in [5.74, 6) is 0.709. The number of carbonyl (C=O) groups is 1. The molecule has 4 heteroatoms. The molecule has 2 unspecified atom stereocenters. The molecule has 1 aromatic heterocycles. The smallest absolute Gasteiger partial charge is 0.228 e. The Morgan fingerprint density at radius 3 is 3.07 bits per heavy atom. The van der Waals surface area contributed by atoms with Crippen molar-refractivity contribution in [2.45, 2.75) is 13.3 Å². The minimum atomic E-state index is 0.0523. The lowest BCUT2D eigenvalue weighted by molar-refractivity contribution is -0.117. The molecule has 1 N–H and O–H groups in total. The van der Waals surface area contributed by atoms with Gasteiger partial charge in [-0.1, -0.05) is 6.92 Å². The van der Waals surface area contributed by atoms with E-state index in [-0.39, 0.29) is 11.8 Å². The quantitative estimate of drug-likeness (QED) is 0.806. The molecule has 0 spiro atoms. The second-order valence-electron chi connectivity index (χ2n) is 3.58. The summed E-state index contributed by atoms with van der Waals surface area (Å²) in [7, 11) is 0. The van der Waals surface area contributed by atoms with Gasteiger partial charge < -0.3 is 5.32 Å². The van der Waals surface area contributed by atoms with Crippen molar-refractivity contribution in [3.63, 3.8) is 0 Å². The molecule has 1 aliphatic rings. The zero-order chi connectivity index (χ0) is 10.1. The predicted octanol–water partition coefficient (Wildman–Crippen LogP) is 2.21. The Hall–Kier alpha value is -1.34. The van der Waals surface area contributed by atoms with Crippen molar-refractivity contribution in [1.29, 1.82) is 5.26 Å². The van der Waals surface area contributed by atoms with Crippen LogP contribution in [0.5, 0.6) is 0 Å². The number of anilines is 1. The van der Waals surface area contributed by atoms with Crippen molar-refractivity contribution in [3.8, 4) is 6.07 Å². The molecule has 0 radical (unpaired) electrons. The highest BCUT2D eigenvalue weighted by molar-refractivity contribution is 7.14. The van der Waals surface area contributed by atoms with Gasteiger partial charge in [-0.15, -0.1) is 11.3 Å². The maximum absolute atomic E-state index is 11.5. The summed E-state index contributed by atoms with van der Waals surface area (Å²) in [5.41, 5.74) is 0.552. The van der Waals surface area contributed by atoms with Gasteiger partial charge in [0.25, 0.3) is 0 Å². The third-order valence-electron chi connectivity index (χ3n) is 2.47. The van der Waals surface area contributed by atoms with Crippen LogP contribution in [-0.2, 0) is 4.79 Å². The number of carbonyl (C=O) groups excluding carboxylic acids is 1. The van der Waals surface area contributed by atoms with Crippen molar-refractivity contribution in [1.82, 2.24) is 0 Å². The van der Waals surface area contributed by atoms with Gasteiger partial charge in [-0.25, -0.2) is 0 Å².